The minimum Gasteiger partial charge on any atom is -0.382 e. The van der Waals surface area contributed by atoms with Gasteiger partial charge in [-0.25, -0.2) is 13.1 Å². The van der Waals surface area contributed by atoms with Gasteiger partial charge in [0.15, 0.2) is 6.10 Å². The number of hydrogen-bond acceptors (Lipinski definition) is 4. The van der Waals surface area contributed by atoms with Crippen LogP contribution in [0, 0.1) is 13.8 Å². The van der Waals surface area contributed by atoms with Crippen LogP contribution in [0.3, 0.4) is 0 Å². The van der Waals surface area contributed by atoms with E-state index in [1.54, 1.807) is 4.72 Å². The Labute approximate surface area is 108 Å². The zero-order chi connectivity index (χ0) is 15.0. The van der Waals surface area contributed by atoms with Gasteiger partial charge in [-0.15, -0.1) is 0 Å². The van der Waals surface area contributed by atoms with Crippen LogP contribution in [0.1, 0.15) is 11.4 Å². The summed E-state index contributed by atoms with van der Waals surface area (Å²) in [4.78, 5) is -0.177. The molecule has 1 unspecified atom stereocenters. The zero-order valence-electron chi connectivity index (χ0n) is 10.5. The topological polar surface area (TPSA) is 84.2 Å². The van der Waals surface area contributed by atoms with E-state index in [1.807, 2.05) is 0 Å². The Bertz CT molecular complexity index is 565. The second-order valence-electron chi connectivity index (χ2n) is 4.03. The molecule has 0 spiro atoms. The van der Waals surface area contributed by atoms with Crippen LogP contribution < -0.4 is 4.72 Å². The van der Waals surface area contributed by atoms with E-state index in [1.165, 1.54) is 25.6 Å². The second-order valence-corrected chi connectivity index (χ2v) is 5.74. The van der Waals surface area contributed by atoms with Crippen LogP contribution in [-0.2, 0) is 17.1 Å². The van der Waals surface area contributed by atoms with Crippen molar-refractivity contribution in [3.8, 4) is 0 Å². The Morgan fingerprint density at radius 2 is 1.95 bits per heavy atom. The highest BCUT2D eigenvalue weighted by molar-refractivity contribution is 7.89. The number of aryl methyl sites for hydroxylation is 2. The van der Waals surface area contributed by atoms with Crippen LogP contribution in [0.4, 0.5) is 13.2 Å². The largest absolute Gasteiger partial charge is 0.415 e. The van der Waals surface area contributed by atoms with Crippen molar-refractivity contribution < 1.29 is 26.7 Å². The van der Waals surface area contributed by atoms with Gasteiger partial charge in [-0.3, -0.25) is 4.68 Å². The average molecular weight is 301 g/mol. The number of nitrogens with one attached hydrogen (secondary N) is 1. The van der Waals surface area contributed by atoms with Gasteiger partial charge in [0.25, 0.3) is 0 Å². The molecule has 0 bridgehead atoms. The predicted molar refractivity (Wildman–Crippen MR) is 59.9 cm³/mol. The lowest BCUT2D eigenvalue weighted by Crippen LogP contribution is -2.40. The van der Waals surface area contributed by atoms with Crippen molar-refractivity contribution in [3.63, 3.8) is 0 Å². The molecule has 0 saturated carbocycles. The molecule has 6 nitrogen and oxygen atoms in total. The van der Waals surface area contributed by atoms with Gasteiger partial charge in [0.05, 0.1) is 11.4 Å². The highest BCUT2D eigenvalue weighted by atomic mass is 32.2. The Morgan fingerprint density at radius 3 is 2.32 bits per heavy atom. The van der Waals surface area contributed by atoms with Crippen LogP contribution >= 0.6 is 0 Å². The quantitative estimate of drug-likeness (QED) is 0.834. The molecule has 0 amide bonds. The first-order chi connectivity index (χ1) is 8.47. The maximum Gasteiger partial charge on any atom is 0.415 e. The summed E-state index contributed by atoms with van der Waals surface area (Å²) in [7, 11) is -2.63. The van der Waals surface area contributed by atoms with E-state index < -0.39 is 28.8 Å². The van der Waals surface area contributed by atoms with Crippen molar-refractivity contribution in [2.24, 2.45) is 7.05 Å². The number of aromatic nitrogens is 2. The Balaban J connectivity index is 2.94. The summed E-state index contributed by atoms with van der Waals surface area (Å²) < 4.78 is 63.1. The summed E-state index contributed by atoms with van der Waals surface area (Å²) in [5.41, 5.74) is 0.473. The predicted octanol–water partition coefficient (Wildman–Crippen LogP) is 0.238. The number of aliphatic hydroxyl groups excluding tert-OH is 1. The molecule has 0 aliphatic heterocycles. The normalized spacial score (nSPS) is 14.7. The van der Waals surface area contributed by atoms with Gasteiger partial charge < -0.3 is 5.11 Å². The first-order valence-corrected chi connectivity index (χ1v) is 6.69. The maximum atomic E-state index is 12.1. The number of rotatable bonds is 4. The molecular formula is C9H14F3N3O3S. The lowest BCUT2D eigenvalue weighted by molar-refractivity contribution is -0.200. The molecule has 2 N–H and O–H groups in total. The summed E-state index contributed by atoms with van der Waals surface area (Å²) in [6.07, 6.45) is -7.62. The van der Waals surface area contributed by atoms with E-state index in [0.29, 0.717) is 5.69 Å². The summed E-state index contributed by atoms with van der Waals surface area (Å²) in [5.74, 6) is 0. The smallest absolute Gasteiger partial charge is 0.382 e. The summed E-state index contributed by atoms with van der Waals surface area (Å²) in [6, 6.07) is 0. The monoisotopic (exact) mass is 301 g/mol. The Hall–Kier alpha value is -1.13. The first kappa shape index (κ1) is 15.9. The number of aliphatic hydroxyl groups is 1. The SMILES string of the molecule is Cc1nn(C)c(C)c1S(=O)(=O)NCC(O)C(F)(F)F. The van der Waals surface area contributed by atoms with Crippen LogP contribution in [0.25, 0.3) is 0 Å². The molecule has 1 aromatic heterocycles. The van der Waals surface area contributed by atoms with Crippen LogP contribution in [0.2, 0.25) is 0 Å². The van der Waals surface area contributed by atoms with Gasteiger partial charge in [-0.05, 0) is 13.8 Å². The molecule has 0 fully saturated rings. The number of nitrogens with zero attached hydrogens (tertiary/aromatic N) is 2. The Kier molecular flexibility index (Phi) is 4.27. The minimum absolute atomic E-state index is 0.175. The standard InChI is InChI=1S/C9H14F3N3O3S/c1-5-8(6(2)15(3)14-5)19(17,18)13-4-7(16)9(10,11)12/h7,13,16H,4H2,1-3H3. The van der Waals surface area contributed by atoms with Crippen molar-refractivity contribution in [1.29, 1.82) is 0 Å². The van der Waals surface area contributed by atoms with Gasteiger partial charge in [0.1, 0.15) is 4.90 Å². The van der Waals surface area contributed by atoms with Crippen molar-refractivity contribution >= 4 is 10.0 Å². The molecule has 1 aromatic rings. The number of alkyl halides is 3. The van der Waals surface area contributed by atoms with Crippen LogP contribution in [-0.4, -0.2) is 42.1 Å². The number of sulfonamides is 1. The lowest BCUT2D eigenvalue weighted by Gasteiger charge is -2.15. The molecule has 0 aromatic carbocycles. The summed E-state index contributed by atoms with van der Waals surface area (Å²) in [6.45, 7) is 1.77. The van der Waals surface area contributed by atoms with E-state index in [0.717, 1.165) is 0 Å². The minimum atomic E-state index is -4.87. The van der Waals surface area contributed by atoms with Crippen molar-refractivity contribution in [1.82, 2.24) is 14.5 Å². The van der Waals surface area contributed by atoms with Gasteiger partial charge in [-0.2, -0.15) is 18.3 Å². The third-order valence-electron chi connectivity index (χ3n) is 2.56. The van der Waals surface area contributed by atoms with E-state index in [2.05, 4.69) is 5.10 Å². The summed E-state index contributed by atoms with van der Waals surface area (Å²) in [5, 5.41) is 12.6. The van der Waals surface area contributed by atoms with E-state index in [4.69, 9.17) is 5.11 Å². The van der Waals surface area contributed by atoms with Gasteiger partial charge >= 0.3 is 6.18 Å². The lowest BCUT2D eigenvalue weighted by atomic mass is 10.4. The van der Waals surface area contributed by atoms with Gasteiger partial charge in [0, 0.05) is 13.6 Å². The molecular weight excluding hydrogens is 287 g/mol. The van der Waals surface area contributed by atoms with Crippen molar-refractivity contribution in [2.75, 3.05) is 6.54 Å². The molecule has 110 valence electrons. The molecule has 0 radical (unpaired) electrons. The van der Waals surface area contributed by atoms with E-state index in [-0.39, 0.29) is 10.6 Å². The molecule has 0 saturated heterocycles. The fourth-order valence-corrected chi connectivity index (χ4v) is 2.99. The highest BCUT2D eigenvalue weighted by Crippen LogP contribution is 2.21. The third kappa shape index (κ3) is 3.45. The second kappa shape index (κ2) is 5.10. The fourth-order valence-electron chi connectivity index (χ4n) is 1.52. The molecule has 10 heteroatoms. The van der Waals surface area contributed by atoms with Gasteiger partial charge in [0.2, 0.25) is 10.0 Å². The molecule has 19 heavy (non-hydrogen) atoms. The third-order valence-corrected chi connectivity index (χ3v) is 4.23. The molecule has 1 atom stereocenters. The highest BCUT2D eigenvalue weighted by Gasteiger charge is 2.39. The van der Waals surface area contributed by atoms with E-state index >= 15 is 0 Å². The fraction of sp³-hybridized carbons (Fsp3) is 0.667. The molecule has 1 heterocycles. The molecule has 0 aliphatic carbocycles. The number of hydrogen-bond donors (Lipinski definition) is 2. The van der Waals surface area contributed by atoms with Crippen molar-refractivity contribution in [2.45, 2.75) is 31.0 Å². The van der Waals surface area contributed by atoms with Crippen LogP contribution in [0.5, 0.6) is 0 Å². The Morgan fingerprint density at radius 1 is 1.42 bits per heavy atom. The molecule has 1 rings (SSSR count). The maximum absolute atomic E-state index is 12.1. The van der Waals surface area contributed by atoms with E-state index in [9.17, 15) is 21.6 Å². The van der Waals surface area contributed by atoms with Gasteiger partial charge in [-0.1, -0.05) is 0 Å². The summed E-state index contributed by atoms with van der Waals surface area (Å²) >= 11 is 0. The molecule has 0 aliphatic rings. The van der Waals surface area contributed by atoms with Crippen molar-refractivity contribution in [3.05, 3.63) is 11.4 Å². The van der Waals surface area contributed by atoms with Crippen LogP contribution in [0.15, 0.2) is 4.90 Å². The first-order valence-electron chi connectivity index (χ1n) is 5.21. The number of halogens is 3. The zero-order valence-corrected chi connectivity index (χ0v) is 11.3. The average Bonchev–Trinajstić information content (AvgIpc) is 2.48.